The molecule has 1 heterocycles. The zero-order valence-corrected chi connectivity index (χ0v) is 14.0. The first-order valence-corrected chi connectivity index (χ1v) is 8.63. The molecule has 2 aliphatic carbocycles. The fraction of sp³-hybridized carbons (Fsp3) is 0.167. The summed E-state index contributed by atoms with van der Waals surface area (Å²) >= 11 is 7.23. The Morgan fingerprint density at radius 1 is 1.04 bits per heavy atom. The minimum absolute atomic E-state index is 0.418. The molecule has 0 fully saturated rings. The van der Waals surface area contributed by atoms with Crippen LogP contribution in [0.1, 0.15) is 6.42 Å². The highest BCUT2D eigenvalue weighted by Gasteiger charge is 2.06. The average molecular weight is 345 g/mol. The van der Waals surface area contributed by atoms with Gasteiger partial charge in [0.25, 0.3) is 0 Å². The molecule has 2 aromatic rings. The molecule has 2 aliphatic rings. The molecular weight excluding hydrogens is 328 g/mol. The van der Waals surface area contributed by atoms with Gasteiger partial charge in [0, 0.05) is 35.3 Å². The Morgan fingerprint density at radius 2 is 1.70 bits per heavy atom. The number of halogens is 1. The predicted molar refractivity (Wildman–Crippen MR) is 94.3 cm³/mol. The molecule has 0 saturated carbocycles. The van der Waals surface area contributed by atoms with Crippen molar-refractivity contribution >= 4 is 23.4 Å². The molecule has 1 N–H and O–H groups in total. The standard InChI is InChI=1S/C12H13ClN2OS.C6H4/c13-10-1-3-11(4-2-10)17-12(16)5-7-15-8-6-14-9-15;1-2-6-4-3-5(1)6/h1-4,6,8-9,12,16H,5,7H2;1-4H. The fourth-order valence-electron chi connectivity index (χ4n) is 2.07. The molecule has 0 saturated heterocycles. The van der Waals surface area contributed by atoms with Gasteiger partial charge in [0.15, 0.2) is 0 Å². The third-order valence-corrected chi connectivity index (χ3v) is 4.80. The molecule has 5 heteroatoms. The summed E-state index contributed by atoms with van der Waals surface area (Å²) in [6, 6.07) is 16.0. The lowest BCUT2D eigenvalue weighted by Crippen LogP contribution is -2.06. The van der Waals surface area contributed by atoms with Gasteiger partial charge in [-0.1, -0.05) is 47.6 Å². The highest BCUT2D eigenvalue weighted by molar-refractivity contribution is 7.99. The van der Waals surface area contributed by atoms with Crippen LogP contribution in [0, 0.1) is 10.4 Å². The Balaban J connectivity index is 0.000000213. The largest absolute Gasteiger partial charge is 0.382 e. The van der Waals surface area contributed by atoms with E-state index in [4.69, 9.17) is 11.6 Å². The number of benzene rings is 2. The van der Waals surface area contributed by atoms with Crippen LogP contribution < -0.4 is 0 Å². The molecule has 0 amide bonds. The topological polar surface area (TPSA) is 38.0 Å². The number of imidazole rings is 1. The summed E-state index contributed by atoms with van der Waals surface area (Å²) in [7, 11) is 0. The minimum atomic E-state index is -0.418. The molecule has 0 spiro atoms. The molecule has 4 rings (SSSR count). The van der Waals surface area contributed by atoms with E-state index in [-0.39, 0.29) is 0 Å². The van der Waals surface area contributed by atoms with Gasteiger partial charge in [-0.3, -0.25) is 0 Å². The first kappa shape index (κ1) is 16.1. The summed E-state index contributed by atoms with van der Waals surface area (Å²) in [6.07, 6.45) is 6.06. The van der Waals surface area contributed by atoms with E-state index in [0.29, 0.717) is 11.4 Å². The van der Waals surface area contributed by atoms with E-state index in [1.54, 1.807) is 12.5 Å². The molecule has 0 radical (unpaired) electrons. The Kier molecular flexibility index (Phi) is 5.39. The maximum atomic E-state index is 9.87. The summed E-state index contributed by atoms with van der Waals surface area (Å²) < 4.78 is 1.95. The van der Waals surface area contributed by atoms with Crippen LogP contribution in [0.2, 0.25) is 5.02 Å². The van der Waals surface area contributed by atoms with Crippen LogP contribution in [0.25, 0.3) is 0 Å². The van der Waals surface area contributed by atoms with Crippen molar-refractivity contribution in [1.29, 1.82) is 0 Å². The quantitative estimate of drug-likeness (QED) is 0.432. The lowest BCUT2D eigenvalue weighted by atomic mass is 10.1. The van der Waals surface area contributed by atoms with Gasteiger partial charge in [-0.05, 0) is 34.7 Å². The lowest BCUT2D eigenvalue weighted by molar-refractivity contribution is 0.245. The van der Waals surface area contributed by atoms with Gasteiger partial charge in [0.1, 0.15) is 5.44 Å². The van der Waals surface area contributed by atoms with E-state index in [1.807, 2.05) is 35.0 Å². The lowest BCUT2D eigenvalue weighted by Gasteiger charge is -2.10. The minimum Gasteiger partial charge on any atom is -0.382 e. The van der Waals surface area contributed by atoms with Crippen molar-refractivity contribution in [2.75, 3.05) is 0 Å². The van der Waals surface area contributed by atoms with E-state index in [1.165, 1.54) is 22.2 Å². The van der Waals surface area contributed by atoms with Crippen molar-refractivity contribution in [2.24, 2.45) is 0 Å². The number of aliphatic hydroxyl groups excluding tert-OH is 1. The number of aliphatic hydroxyl groups is 1. The second-order valence-electron chi connectivity index (χ2n) is 5.19. The van der Waals surface area contributed by atoms with Gasteiger partial charge in [0.05, 0.1) is 6.33 Å². The van der Waals surface area contributed by atoms with Gasteiger partial charge >= 0.3 is 0 Å². The predicted octanol–water partition coefficient (Wildman–Crippen LogP) is 4.32. The normalized spacial score (nSPS) is 12.3. The molecule has 1 atom stereocenters. The number of aryl methyl sites for hydroxylation is 1. The highest BCUT2D eigenvalue weighted by Crippen LogP contribution is 2.25. The highest BCUT2D eigenvalue weighted by atomic mass is 35.5. The van der Waals surface area contributed by atoms with Crippen LogP contribution in [0.5, 0.6) is 0 Å². The first-order chi connectivity index (χ1) is 11.2. The SMILES string of the molecule is OC(CCn1ccnc1)Sc1ccc(Cl)cc1.c1cc2ccc1=2. The fourth-order valence-corrected chi connectivity index (χ4v) is 3.03. The van der Waals surface area contributed by atoms with E-state index in [2.05, 4.69) is 29.2 Å². The van der Waals surface area contributed by atoms with E-state index >= 15 is 0 Å². The smallest absolute Gasteiger partial charge is 0.105 e. The number of thioether (sulfide) groups is 1. The monoisotopic (exact) mass is 344 g/mol. The molecule has 0 bridgehead atoms. The molecular formula is C18H17ClN2OS. The summed E-state index contributed by atoms with van der Waals surface area (Å²) in [6.45, 7) is 0.766. The Morgan fingerprint density at radius 3 is 2.17 bits per heavy atom. The summed E-state index contributed by atoms with van der Waals surface area (Å²) in [5, 5.41) is 13.4. The summed E-state index contributed by atoms with van der Waals surface area (Å²) in [5.74, 6) is 0. The zero-order valence-electron chi connectivity index (χ0n) is 12.5. The Hall–Kier alpha value is -1.75. The van der Waals surface area contributed by atoms with Crippen LogP contribution in [0.4, 0.5) is 0 Å². The second kappa shape index (κ2) is 7.68. The van der Waals surface area contributed by atoms with Crippen LogP contribution in [0.3, 0.4) is 0 Å². The van der Waals surface area contributed by atoms with Crippen LogP contribution in [-0.4, -0.2) is 20.1 Å². The third-order valence-electron chi connectivity index (χ3n) is 3.50. The number of aromatic nitrogens is 2. The Labute approximate surface area is 144 Å². The van der Waals surface area contributed by atoms with Crippen LogP contribution in [0.15, 0.2) is 72.1 Å². The van der Waals surface area contributed by atoms with Crippen molar-refractivity contribution in [3.05, 3.63) is 82.7 Å². The van der Waals surface area contributed by atoms with E-state index in [9.17, 15) is 5.11 Å². The molecule has 1 aromatic carbocycles. The maximum absolute atomic E-state index is 9.87. The molecule has 118 valence electrons. The van der Waals surface area contributed by atoms with Gasteiger partial charge < -0.3 is 9.67 Å². The average Bonchev–Trinajstić information content (AvgIpc) is 3.05. The first-order valence-electron chi connectivity index (χ1n) is 7.37. The van der Waals surface area contributed by atoms with Crippen LogP contribution in [-0.2, 0) is 6.54 Å². The number of nitrogens with zero attached hydrogens (tertiary/aromatic N) is 2. The summed E-state index contributed by atoms with van der Waals surface area (Å²) in [5.41, 5.74) is -0.418. The second-order valence-corrected chi connectivity index (χ2v) is 6.88. The molecule has 23 heavy (non-hydrogen) atoms. The van der Waals surface area contributed by atoms with Gasteiger partial charge in [-0.2, -0.15) is 0 Å². The van der Waals surface area contributed by atoms with Crippen molar-refractivity contribution < 1.29 is 5.11 Å². The maximum Gasteiger partial charge on any atom is 0.105 e. The van der Waals surface area contributed by atoms with Crippen molar-refractivity contribution in [2.45, 2.75) is 23.3 Å². The molecule has 1 unspecified atom stereocenters. The molecule has 0 aliphatic heterocycles. The van der Waals surface area contributed by atoms with Gasteiger partial charge in [-0.15, -0.1) is 0 Å². The van der Waals surface area contributed by atoms with Crippen molar-refractivity contribution in [1.82, 2.24) is 9.55 Å². The van der Waals surface area contributed by atoms with Crippen LogP contribution >= 0.6 is 23.4 Å². The molecule has 3 nitrogen and oxygen atoms in total. The molecule has 1 aromatic heterocycles. The van der Waals surface area contributed by atoms with Crippen molar-refractivity contribution in [3.8, 4) is 0 Å². The van der Waals surface area contributed by atoms with Gasteiger partial charge in [0.2, 0.25) is 0 Å². The van der Waals surface area contributed by atoms with E-state index < -0.39 is 5.44 Å². The number of hydrogen-bond donors (Lipinski definition) is 1. The van der Waals surface area contributed by atoms with Gasteiger partial charge in [-0.25, -0.2) is 4.98 Å². The Bertz CT molecular complexity index is 784. The van der Waals surface area contributed by atoms with E-state index in [0.717, 1.165) is 11.4 Å². The third kappa shape index (κ3) is 4.61. The van der Waals surface area contributed by atoms with Crippen molar-refractivity contribution in [3.63, 3.8) is 0 Å². The number of rotatable bonds is 5. The number of hydrogen-bond acceptors (Lipinski definition) is 3. The zero-order chi connectivity index (χ0) is 16.1. The summed E-state index contributed by atoms with van der Waals surface area (Å²) in [4.78, 5) is 4.97.